The fourth-order valence-corrected chi connectivity index (χ4v) is 6.31. The highest BCUT2D eigenvalue weighted by molar-refractivity contribution is 7.89. The van der Waals surface area contributed by atoms with Crippen molar-refractivity contribution in [2.45, 2.75) is 37.6 Å². The maximum atomic E-state index is 13.8. The Balaban J connectivity index is 1.59. The Morgan fingerprint density at radius 3 is 2.51 bits per heavy atom. The molecule has 1 saturated heterocycles. The van der Waals surface area contributed by atoms with E-state index in [0.717, 1.165) is 5.56 Å². The van der Waals surface area contributed by atoms with Crippen molar-refractivity contribution < 1.29 is 27.5 Å². The van der Waals surface area contributed by atoms with E-state index in [1.807, 2.05) is 35.2 Å². The first-order chi connectivity index (χ1) is 19.7. The second-order valence-electron chi connectivity index (χ2n) is 9.76. The average molecular weight is 600 g/mol. The number of sulfonamides is 1. The van der Waals surface area contributed by atoms with Gasteiger partial charge in [-0.1, -0.05) is 41.9 Å². The lowest BCUT2D eigenvalue weighted by Crippen LogP contribution is -2.40. The molecule has 2 atom stereocenters. The number of piperidine rings is 1. The van der Waals surface area contributed by atoms with Gasteiger partial charge in [0.25, 0.3) is 5.91 Å². The predicted octanol–water partition coefficient (Wildman–Crippen LogP) is 5.18. The molecule has 0 saturated carbocycles. The van der Waals surface area contributed by atoms with Gasteiger partial charge in [-0.3, -0.25) is 9.59 Å². The SMILES string of the molecule is CCOC(=O)[C@H]1CCCN(c2ccc(NC(=O)COc3ccc(Cl)cc3)cc2S(=O)(=O)N[C@H](C)c2ccccc2)C1. The van der Waals surface area contributed by atoms with Crippen LogP contribution in [0.25, 0.3) is 0 Å². The summed E-state index contributed by atoms with van der Waals surface area (Å²) in [5, 5.41) is 3.27. The van der Waals surface area contributed by atoms with Crippen LogP contribution in [0.15, 0.2) is 77.7 Å². The smallest absolute Gasteiger partial charge is 0.310 e. The molecule has 9 nitrogen and oxygen atoms in total. The molecular formula is C30H34ClN3O6S. The van der Waals surface area contributed by atoms with Gasteiger partial charge in [-0.2, -0.15) is 0 Å². The molecule has 1 aliphatic heterocycles. The number of carbonyl (C=O) groups is 2. The number of halogens is 1. The normalized spacial score (nSPS) is 16.1. The summed E-state index contributed by atoms with van der Waals surface area (Å²) < 4.78 is 41.1. The van der Waals surface area contributed by atoms with Gasteiger partial charge in [0.1, 0.15) is 10.6 Å². The van der Waals surface area contributed by atoms with Crippen LogP contribution in [0.1, 0.15) is 38.3 Å². The van der Waals surface area contributed by atoms with E-state index in [9.17, 15) is 18.0 Å². The summed E-state index contributed by atoms with van der Waals surface area (Å²) in [5.41, 5.74) is 1.55. The number of amides is 1. The van der Waals surface area contributed by atoms with Gasteiger partial charge in [-0.05, 0) is 74.7 Å². The van der Waals surface area contributed by atoms with Gasteiger partial charge < -0.3 is 19.7 Å². The number of hydrogen-bond donors (Lipinski definition) is 2. The van der Waals surface area contributed by atoms with Crippen LogP contribution in [0.5, 0.6) is 5.75 Å². The van der Waals surface area contributed by atoms with Gasteiger partial charge in [0, 0.05) is 29.8 Å². The van der Waals surface area contributed by atoms with Crippen molar-refractivity contribution in [1.29, 1.82) is 0 Å². The van der Waals surface area contributed by atoms with Crippen LogP contribution in [0.3, 0.4) is 0 Å². The third kappa shape index (κ3) is 8.22. The minimum Gasteiger partial charge on any atom is -0.484 e. The summed E-state index contributed by atoms with van der Waals surface area (Å²) in [4.78, 5) is 27.0. The first kappa shape index (κ1) is 30.4. The topological polar surface area (TPSA) is 114 Å². The second-order valence-corrected chi connectivity index (χ2v) is 11.9. The van der Waals surface area contributed by atoms with Gasteiger partial charge in [-0.15, -0.1) is 0 Å². The maximum Gasteiger partial charge on any atom is 0.310 e. The number of carbonyl (C=O) groups excluding carboxylic acids is 2. The van der Waals surface area contributed by atoms with Crippen molar-refractivity contribution >= 4 is 44.9 Å². The summed E-state index contributed by atoms with van der Waals surface area (Å²) >= 11 is 5.89. The van der Waals surface area contributed by atoms with Gasteiger partial charge >= 0.3 is 5.97 Å². The van der Waals surface area contributed by atoms with Gasteiger partial charge in [0.15, 0.2) is 6.61 Å². The van der Waals surface area contributed by atoms with E-state index in [2.05, 4.69) is 10.0 Å². The number of hydrogen-bond acceptors (Lipinski definition) is 7. The van der Waals surface area contributed by atoms with Crippen LogP contribution in [-0.2, 0) is 24.3 Å². The molecule has 0 aliphatic carbocycles. The van der Waals surface area contributed by atoms with E-state index in [-0.39, 0.29) is 30.0 Å². The fourth-order valence-electron chi connectivity index (χ4n) is 4.70. The summed E-state index contributed by atoms with van der Waals surface area (Å²) in [7, 11) is -4.06. The van der Waals surface area contributed by atoms with Crippen LogP contribution in [0.4, 0.5) is 11.4 Å². The van der Waals surface area contributed by atoms with E-state index in [1.54, 1.807) is 50.2 Å². The zero-order chi connectivity index (χ0) is 29.4. The molecule has 3 aromatic rings. The quantitative estimate of drug-likeness (QED) is 0.292. The van der Waals surface area contributed by atoms with E-state index < -0.39 is 22.0 Å². The van der Waals surface area contributed by atoms with Crippen molar-refractivity contribution in [3.63, 3.8) is 0 Å². The van der Waals surface area contributed by atoms with Crippen molar-refractivity contribution in [2.24, 2.45) is 5.92 Å². The fraction of sp³-hybridized carbons (Fsp3) is 0.333. The Hall–Kier alpha value is -3.60. The number of rotatable bonds is 11. The van der Waals surface area contributed by atoms with Gasteiger partial charge in [-0.25, -0.2) is 13.1 Å². The van der Waals surface area contributed by atoms with Crippen LogP contribution < -0.4 is 19.7 Å². The van der Waals surface area contributed by atoms with Crippen LogP contribution >= 0.6 is 11.6 Å². The van der Waals surface area contributed by atoms with Gasteiger partial charge in [0.2, 0.25) is 10.0 Å². The van der Waals surface area contributed by atoms with Crippen LogP contribution in [-0.4, -0.2) is 46.6 Å². The molecule has 0 radical (unpaired) electrons. The maximum absolute atomic E-state index is 13.8. The van der Waals surface area contributed by atoms with Crippen molar-refractivity contribution in [3.05, 3.63) is 83.4 Å². The molecule has 1 amide bonds. The van der Waals surface area contributed by atoms with E-state index >= 15 is 0 Å². The lowest BCUT2D eigenvalue weighted by molar-refractivity contribution is -0.148. The molecule has 0 unspecified atom stereocenters. The third-order valence-electron chi connectivity index (χ3n) is 6.73. The number of nitrogens with one attached hydrogen (secondary N) is 2. The minimum atomic E-state index is -4.06. The van der Waals surface area contributed by atoms with Crippen molar-refractivity contribution in [1.82, 2.24) is 4.72 Å². The molecule has 0 aromatic heterocycles. The number of benzene rings is 3. The molecule has 1 heterocycles. The molecule has 11 heteroatoms. The Morgan fingerprint density at radius 1 is 1.07 bits per heavy atom. The highest BCUT2D eigenvalue weighted by Crippen LogP contribution is 2.33. The van der Waals surface area contributed by atoms with E-state index in [1.165, 1.54) is 6.07 Å². The first-order valence-corrected chi connectivity index (χ1v) is 15.3. The van der Waals surface area contributed by atoms with Gasteiger partial charge in [0.05, 0.1) is 18.2 Å². The van der Waals surface area contributed by atoms with E-state index in [0.29, 0.717) is 48.1 Å². The minimum absolute atomic E-state index is 0.00112. The third-order valence-corrected chi connectivity index (χ3v) is 8.55. The molecule has 1 fully saturated rings. The Bertz CT molecular complexity index is 1450. The molecule has 0 spiro atoms. The zero-order valence-electron chi connectivity index (χ0n) is 23.0. The predicted molar refractivity (Wildman–Crippen MR) is 159 cm³/mol. The summed E-state index contributed by atoms with van der Waals surface area (Å²) in [5.74, 6) is -0.632. The average Bonchev–Trinajstić information content (AvgIpc) is 2.97. The Labute approximate surface area is 245 Å². The molecule has 0 bridgehead atoms. The van der Waals surface area contributed by atoms with Crippen molar-refractivity contribution in [2.75, 3.05) is 36.5 Å². The molecular weight excluding hydrogens is 566 g/mol. The Kier molecular flexibility index (Phi) is 10.3. The van der Waals surface area contributed by atoms with Crippen molar-refractivity contribution in [3.8, 4) is 5.75 Å². The largest absolute Gasteiger partial charge is 0.484 e. The molecule has 218 valence electrons. The highest BCUT2D eigenvalue weighted by atomic mass is 35.5. The first-order valence-electron chi connectivity index (χ1n) is 13.5. The number of nitrogens with zero attached hydrogens (tertiary/aromatic N) is 1. The summed E-state index contributed by atoms with van der Waals surface area (Å²) in [6.07, 6.45) is 1.37. The summed E-state index contributed by atoms with van der Waals surface area (Å²) in [6, 6.07) is 20.1. The monoisotopic (exact) mass is 599 g/mol. The summed E-state index contributed by atoms with van der Waals surface area (Å²) in [6.45, 7) is 4.44. The number of anilines is 2. The van der Waals surface area contributed by atoms with Crippen LogP contribution in [0, 0.1) is 5.92 Å². The molecule has 3 aromatic carbocycles. The molecule has 2 N–H and O–H groups in total. The molecule has 1 aliphatic rings. The zero-order valence-corrected chi connectivity index (χ0v) is 24.6. The highest BCUT2D eigenvalue weighted by Gasteiger charge is 2.31. The lowest BCUT2D eigenvalue weighted by Gasteiger charge is -2.34. The Morgan fingerprint density at radius 2 is 1.80 bits per heavy atom. The number of ether oxygens (including phenoxy) is 2. The molecule has 4 rings (SSSR count). The van der Waals surface area contributed by atoms with Crippen LogP contribution in [0.2, 0.25) is 5.02 Å². The lowest BCUT2D eigenvalue weighted by atomic mass is 9.97. The second kappa shape index (κ2) is 13.8. The standard InChI is InChI=1S/C30H34ClN3O6S/c1-3-39-30(36)23-10-7-17-34(19-23)27-16-13-25(32-29(35)20-40-26-14-11-24(31)12-15-26)18-28(27)41(37,38)33-21(2)22-8-5-4-6-9-22/h4-6,8-9,11-16,18,21,23,33H,3,7,10,17,19-20H2,1-2H3,(H,32,35)/t21-,23+/m1/s1. The van der Waals surface area contributed by atoms with E-state index in [4.69, 9.17) is 21.1 Å². The number of esters is 1. The molecule has 41 heavy (non-hydrogen) atoms.